The highest BCUT2D eigenvalue weighted by Gasteiger charge is 2.33. The van der Waals surface area contributed by atoms with Crippen LogP contribution in [0.1, 0.15) is 37.3 Å². The Kier molecular flexibility index (Phi) is 7.90. The summed E-state index contributed by atoms with van der Waals surface area (Å²) in [7, 11) is 0. The molecule has 8 heteroatoms. The number of rotatable bonds is 8. The van der Waals surface area contributed by atoms with E-state index in [0.29, 0.717) is 19.6 Å². The van der Waals surface area contributed by atoms with Crippen LogP contribution in [0.2, 0.25) is 0 Å². The van der Waals surface area contributed by atoms with Crippen molar-refractivity contribution >= 4 is 23.3 Å². The second kappa shape index (κ2) is 10.6. The molecular formula is C23H30FN3O3S. The van der Waals surface area contributed by atoms with Crippen LogP contribution in [-0.4, -0.2) is 54.5 Å². The molecular weight excluding hydrogens is 417 g/mol. The second-order valence-corrected chi connectivity index (χ2v) is 9.00. The molecule has 31 heavy (non-hydrogen) atoms. The van der Waals surface area contributed by atoms with Gasteiger partial charge in [0.15, 0.2) is 11.6 Å². The molecule has 0 bridgehead atoms. The van der Waals surface area contributed by atoms with Gasteiger partial charge in [-0.15, -0.1) is 11.3 Å². The van der Waals surface area contributed by atoms with Crippen LogP contribution in [-0.2, 0) is 11.2 Å². The number of benzene rings is 1. The highest BCUT2D eigenvalue weighted by molar-refractivity contribution is 7.10. The number of amides is 3. The minimum atomic E-state index is -0.430. The number of para-hydroxylation sites is 1. The van der Waals surface area contributed by atoms with Crippen LogP contribution in [0.25, 0.3) is 0 Å². The van der Waals surface area contributed by atoms with Gasteiger partial charge in [0.2, 0.25) is 5.91 Å². The van der Waals surface area contributed by atoms with Crippen molar-refractivity contribution < 1.29 is 18.7 Å². The molecule has 2 heterocycles. The van der Waals surface area contributed by atoms with Crippen molar-refractivity contribution in [3.63, 3.8) is 0 Å². The van der Waals surface area contributed by atoms with Crippen LogP contribution in [0.3, 0.4) is 0 Å². The first kappa shape index (κ1) is 23.1. The number of nitrogens with one attached hydrogen (secondary N) is 1. The Balaban J connectivity index is 1.77. The van der Waals surface area contributed by atoms with Gasteiger partial charge in [-0.2, -0.15) is 0 Å². The molecule has 168 valence electrons. The smallest absolute Gasteiger partial charge is 0.317 e. The number of urea groups is 1. The average molecular weight is 448 g/mol. The molecule has 0 aliphatic carbocycles. The number of nitrogens with zero attached hydrogens (tertiary/aromatic N) is 2. The van der Waals surface area contributed by atoms with E-state index in [9.17, 15) is 14.0 Å². The fourth-order valence-corrected chi connectivity index (χ4v) is 4.71. The summed E-state index contributed by atoms with van der Waals surface area (Å²) in [5.74, 6) is -0.159. The van der Waals surface area contributed by atoms with Crippen LogP contribution >= 0.6 is 11.3 Å². The molecule has 0 saturated carbocycles. The van der Waals surface area contributed by atoms with Gasteiger partial charge in [0, 0.05) is 24.5 Å². The molecule has 0 spiro atoms. The molecule has 0 fully saturated rings. The topological polar surface area (TPSA) is 61.9 Å². The molecule has 3 amide bonds. The Morgan fingerprint density at radius 2 is 2.10 bits per heavy atom. The Labute approximate surface area is 187 Å². The summed E-state index contributed by atoms with van der Waals surface area (Å²) in [6.45, 7) is 7.57. The summed E-state index contributed by atoms with van der Waals surface area (Å²) < 4.78 is 19.8. The normalized spacial score (nSPS) is 15.5. The first-order chi connectivity index (χ1) is 14.9. The third-order valence-electron chi connectivity index (χ3n) is 5.18. The molecule has 0 saturated heterocycles. The number of thiophene rings is 1. The SMILES string of the molecule is CCNC(=O)N(CC(=O)N1CCc2sccc2[C@@H]1COc1ccccc1F)CC(C)C. The monoisotopic (exact) mass is 447 g/mol. The number of hydrogen-bond acceptors (Lipinski definition) is 4. The number of ether oxygens (including phenoxy) is 1. The van der Waals surface area contributed by atoms with Gasteiger partial charge in [-0.05, 0) is 48.4 Å². The summed E-state index contributed by atoms with van der Waals surface area (Å²) in [5.41, 5.74) is 1.04. The van der Waals surface area contributed by atoms with E-state index in [1.165, 1.54) is 10.9 Å². The molecule has 3 rings (SSSR count). The fourth-order valence-electron chi connectivity index (χ4n) is 3.78. The lowest BCUT2D eigenvalue weighted by atomic mass is 10.0. The summed E-state index contributed by atoms with van der Waals surface area (Å²) in [6, 6.07) is 7.71. The van der Waals surface area contributed by atoms with E-state index in [4.69, 9.17) is 4.74 Å². The van der Waals surface area contributed by atoms with Gasteiger partial charge in [0.1, 0.15) is 13.2 Å². The lowest BCUT2D eigenvalue weighted by Crippen LogP contribution is -2.50. The maximum Gasteiger partial charge on any atom is 0.317 e. The lowest BCUT2D eigenvalue weighted by molar-refractivity contribution is -0.135. The first-order valence-corrected chi connectivity index (χ1v) is 11.5. The van der Waals surface area contributed by atoms with Gasteiger partial charge in [-0.25, -0.2) is 9.18 Å². The predicted molar refractivity (Wildman–Crippen MR) is 120 cm³/mol. The zero-order valence-corrected chi connectivity index (χ0v) is 19.1. The molecule has 1 aromatic carbocycles. The average Bonchev–Trinajstić information content (AvgIpc) is 3.21. The van der Waals surface area contributed by atoms with Crippen molar-refractivity contribution in [2.75, 3.05) is 32.8 Å². The van der Waals surface area contributed by atoms with Crippen molar-refractivity contribution in [3.8, 4) is 5.75 Å². The molecule has 0 unspecified atom stereocenters. The van der Waals surface area contributed by atoms with Crippen LogP contribution < -0.4 is 10.1 Å². The third-order valence-corrected chi connectivity index (χ3v) is 6.17. The van der Waals surface area contributed by atoms with Crippen LogP contribution in [0.5, 0.6) is 5.75 Å². The van der Waals surface area contributed by atoms with Gasteiger partial charge >= 0.3 is 6.03 Å². The molecule has 1 aliphatic rings. The van der Waals surface area contributed by atoms with E-state index in [0.717, 1.165) is 12.0 Å². The molecule has 2 aromatic rings. The predicted octanol–water partition coefficient (Wildman–Crippen LogP) is 4.08. The van der Waals surface area contributed by atoms with Crippen LogP contribution in [0.15, 0.2) is 35.7 Å². The third kappa shape index (κ3) is 5.76. The Morgan fingerprint density at radius 1 is 1.32 bits per heavy atom. The quantitative estimate of drug-likeness (QED) is 0.663. The number of carbonyl (C=O) groups is 2. The minimum Gasteiger partial charge on any atom is -0.488 e. The van der Waals surface area contributed by atoms with E-state index in [-0.39, 0.29) is 42.8 Å². The van der Waals surface area contributed by atoms with E-state index in [1.54, 1.807) is 39.3 Å². The van der Waals surface area contributed by atoms with E-state index in [2.05, 4.69) is 5.32 Å². The highest BCUT2D eigenvalue weighted by Crippen LogP contribution is 2.34. The van der Waals surface area contributed by atoms with Crippen molar-refractivity contribution in [1.82, 2.24) is 15.1 Å². The maximum absolute atomic E-state index is 14.0. The maximum atomic E-state index is 14.0. The summed E-state index contributed by atoms with van der Waals surface area (Å²) >= 11 is 1.66. The zero-order chi connectivity index (χ0) is 22.4. The zero-order valence-electron chi connectivity index (χ0n) is 18.3. The standard InChI is InChI=1S/C23H30FN3O3S/c1-4-25-23(29)26(13-16(2)3)14-22(28)27-11-9-21-17(10-12-31-21)19(27)15-30-20-8-6-5-7-18(20)24/h5-8,10,12,16,19H,4,9,11,13-15H2,1-3H3,(H,25,29)/t19-/m0/s1. The minimum absolute atomic E-state index is 0.000316. The van der Waals surface area contributed by atoms with Crippen molar-refractivity contribution in [1.29, 1.82) is 0 Å². The molecule has 1 aliphatic heterocycles. The van der Waals surface area contributed by atoms with Crippen molar-refractivity contribution in [2.24, 2.45) is 5.92 Å². The Morgan fingerprint density at radius 3 is 2.81 bits per heavy atom. The summed E-state index contributed by atoms with van der Waals surface area (Å²) in [6.07, 6.45) is 0.764. The number of carbonyl (C=O) groups excluding carboxylic acids is 2. The number of hydrogen-bond donors (Lipinski definition) is 1. The van der Waals surface area contributed by atoms with Crippen molar-refractivity contribution in [2.45, 2.75) is 33.2 Å². The Bertz CT molecular complexity index is 902. The highest BCUT2D eigenvalue weighted by atomic mass is 32.1. The molecule has 0 radical (unpaired) electrons. The lowest BCUT2D eigenvalue weighted by Gasteiger charge is -2.37. The van der Waals surface area contributed by atoms with Crippen LogP contribution in [0.4, 0.5) is 9.18 Å². The molecule has 1 aromatic heterocycles. The number of halogens is 1. The Hall–Kier alpha value is -2.61. The van der Waals surface area contributed by atoms with E-state index < -0.39 is 5.82 Å². The van der Waals surface area contributed by atoms with E-state index in [1.807, 2.05) is 32.2 Å². The first-order valence-electron chi connectivity index (χ1n) is 10.7. The van der Waals surface area contributed by atoms with Gasteiger partial charge in [-0.3, -0.25) is 4.79 Å². The summed E-state index contributed by atoms with van der Waals surface area (Å²) in [4.78, 5) is 30.3. The van der Waals surface area contributed by atoms with E-state index >= 15 is 0 Å². The fraction of sp³-hybridized carbons (Fsp3) is 0.478. The molecule has 6 nitrogen and oxygen atoms in total. The van der Waals surface area contributed by atoms with Crippen molar-refractivity contribution in [3.05, 3.63) is 52.0 Å². The second-order valence-electron chi connectivity index (χ2n) is 8.00. The molecule has 1 N–H and O–H groups in total. The van der Waals surface area contributed by atoms with Gasteiger partial charge in [0.25, 0.3) is 0 Å². The van der Waals surface area contributed by atoms with Gasteiger partial charge < -0.3 is 19.9 Å². The molecule has 1 atom stereocenters. The van der Waals surface area contributed by atoms with Gasteiger partial charge in [-0.1, -0.05) is 26.0 Å². The number of fused-ring (bicyclic) bond motifs is 1. The summed E-state index contributed by atoms with van der Waals surface area (Å²) in [5, 5.41) is 4.79. The van der Waals surface area contributed by atoms with Gasteiger partial charge in [0.05, 0.1) is 6.04 Å². The largest absolute Gasteiger partial charge is 0.488 e. The van der Waals surface area contributed by atoms with Crippen LogP contribution in [0, 0.1) is 11.7 Å².